The van der Waals surface area contributed by atoms with E-state index in [0.29, 0.717) is 12.1 Å². The van der Waals surface area contributed by atoms with Gasteiger partial charge in [-0.25, -0.2) is 8.42 Å². The van der Waals surface area contributed by atoms with E-state index in [1.807, 2.05) is 0 Å². The standard InChI is InChI=1S/C19H20F3N3O5S/c1-3-24(4-2)31(29,30)15-8-5-13(6-9-15)18(26)12-23-16-10-7-14(19(20,21)22)11-17(16)25(27)28/h5-11,23H,3-4,12H2,1-2H3. The minimum atomic E-state index is -4.74. The van der Waals surface area contributed by atoms with Crippen molar-refractivity contribution in [3.63, 3.8) is 0 Å². The fraction of sp³-hybridized carbons (Fsp3) is 0.316. The van der Waals surface area contributed by atoms with E-state index in [1.54, 1.807) is 13.8 Å². The Kier molecular flexibility index (Phi) is 7.39. The number of carbonyl (C=O) groups excluding carboxylic acids is 1. The summed E-state index contributed by atoms with van der Waals surface area (Å²) < 4.78 is 64.5. The lowest BCUT2D eigenvalue weighted by atomic mass is 10.1. The first kappa shape index (κ1) is 24.3. The van der Waals surface area contributed by atoms with Crippen molar-refractivity contribution in [2.75, 3.05) is 25.0 Å². The van der Waals surface area contributed by atoms with Gasteiger partial charge in [0.15, 0.2) is 5.78 Å². The number of sulfonamides is 1. The van der Waals surface area contributed by atoms with Crippen LogP contribution in [0.2, 0.25) is 0 Å². The summed E-state index contributed by atoms with van der Waals surface area (Å²) >= 11 is 0. The summed E-state index contributed by atoms with van der Waals surface area (Å²) in [7, 11) is -3.69. The Morgan fingerprint density at radius 3 is 2.16 bits per heavy atom. The third-order valence-electron chi connectivity index (χ3n) is 4.48. The average molecular weight is 459 g/mol. The molecule has 0 radical (unpaired) electrons. The van der Waals surface area contributed by atoms with Gasteiger partial charge in [0.25, 0.3) is 5.69 Å². The fourth-order valence-electron chi connectivity index (χ4n) is 2.81. The largest absolute Gasteiger partial charge is 0.416 e. The predicted octanol–water partition coefficient (Wildman–Crippen LogP) is 3.94. The van der Waals surface area contributed by atoms with Crippen LogP contribution >= 0.6 is 0 Å². The zero-order chi connectivity index (χ0) is 23.4. The van der Waals surface area contributed by atoms with Crippen LogP contribution in [0.15, 0.2) is 47.4 Å². The lowest BCUT2D eigenvalue weighted by Crippen LogP contribution is -2.30. The molecule has 0 saturated carbocycles. The number of ketones is 1. The number of carbonyl (C=O) groups is 1. The van der Waals surface area contributed by atoms with Gasteiger partial charge in [-0.1, -0.05) is 13.8 Å². The number of hydrogen-bond acceptors (Lipinski definition) is 6. The molecule has 0 spiro atoms. The topological polar surface area (TPSA) is 110 Å². The Morgan fingerprint density at radius 1 is 1.10 bits per heavy atom. The van der Waals surface area contributed by atoms with Gasteiger partial charge in [-0.3, -0.25) is 14.9 Å². The molecule has 0 aromatic heterocycles. The van der Waals surface area contributed by atoms with Crippen LogP contribution in [0.25, 0.3) is 0 Å². The highest BCUT2D eigenvalue weighted by Gasteiger charge is 2.33. The van der Waals surface area contributed by atoms with Crippen LogP contribution in [-0.2, 0) is 16.2 Å². The molecule has 0 unspecified atom stereocenters. The number of hydrogen-bond donors (Lipinski definition) is 1. The van der Waals surface area contributed by atoms with E-state index < -0.39 is 44.7 Å². The van der Waals surface area contributed by atoms with Gasteiger partial charge < -0.3 is 5.32 Å². The molecule has 1 N–H and O–H groups in total. The first-order chi connectivity index (χ1) is 14.4. The second kappa shape index (κ2) is 9.43. The van der Waals surface area contributed by atoms with Gasteiger partial charge in [-0.15, -0.1) is 0 Å². The molecule has 2 rings (SSSR count). The number of halogens is 3. The van der Waals surface area contributed by atoms with Gasteiger partial charge in [0, 0.05) is 24.7 Å². The molecule has 0 bridgehead atoms. The number of nitrogens with zero attached hydrogens (tertiary/aromatic N) is 2. The summed E-state index contributed by atoms with van der Waals surface area (Å²) in [4.78, 5) is 22.5. The summed E-state index contributed by atoms with van der Waals surface area (Å²) in [6, 6.07) is 7.12. The van der Waals surface area contributed by atoms with Crippen LogP contribution in [0.1, 0.15) is 29.8 Å². The van der Waals surface area contributed by atoms with Crippen LogP contribution in [0.5, 0.6) is 0 Å². The van der Waals surface area contributed by atoms with Crippen LogP contribution in [0.3, 0.4) is 0 Å². The average Bonchev–Trinajstić information content (AvgIpc) is 2.71. The van der Waals surface area contributed by atoms with E-state index in [9.17, 15) is 36.5 Å². The Bertz CT molecular complexity index is 1070. The number of nitro groups is 1. The lowest BCUT2D eigenvalue weighted by molar-refractivity contribution is -0.384. The Hall–Kier alpha value is -2.99. The van der Waals surface area contributed by atoms with Crippen molar-refractivity contribution in [1.82, 2.24) is 4.31 Å². The van der Waals surface area contributed by atoms with Crippen LogP contribution in [-0.4, -0.2) is 43.1 Å². The Labute approximate surface area is 176 Å². The van der Waals surface area contributed by atoms with Crippen molar-refractivity contribution in [3.05, 3.63) is 63.7 Å². The fourth-order valence-corrected chi connectivity index (χ4v) is 4.27. The molecule has 12 heteroatoms. The van der Waals surface area contributed by atoms with Gasteiger partial charge in [0.2, 0.25) is 10.0 Å². The van der Waals surface area contributed by atoms with Crippen LogP contribution in [0.4, 0.5) is 24.5 Å². The number of nitro benzene ring substituents is 1. The molecule has 168 valence electrons. The summed E-state index contributed by atoms with van der Waals surface area (Å²) in [6.07, 6.45) is -4.74. The van der Waals surface area contributed by atoms with E-state index in [-0.39, 0.29) is 29.2 Å². The molecule has 2 aromatic rings. The molecule has 0 aliphatic rings. The zero-order valence-corrected chi connectivity index (χ0v) is 17.5. The molecule has 0 aliphatic heterocycles. The number of nitrogens with one attached hydrogen (secondary N) is 1. The molecule has 2 aromatic carbocycles. The summed E-state index contributed by atoms with van der Waals surface area (Å²) in [5, 5.41) is 13.6. The van der Waals surface area contributed by atoms with E-state index in [1.165, 1.54) is 28.6 Å². The second-order valence-corrected chi connectivity index (χ2v) is 8.32. The van der Waals surface area contributed by atoms with Crippen LogP contribution < -0.4 is 5.32 Å². The maximum Gasteiger partial charge on any atom is 0.416 e. The number of Topliss-reactive ketones (excluding diaryl/α,β-unsaturated/α-hetero) is 1. The molecule has 0 aliphatic carbocycles. The predicted molar refractivity (Wildman–Crippen MR) is 107 cm³/mol. The van der Waals surface area contributed by atoms with E-state index in [2.05, 4.69) is 5.32 Å². The zero-order valence-electron chi connectivity index (χ0n) is 16.6. The smallest absolute Gasteiger partial charge is 0.372 e. The SMILES string of the molecule is CCN(CC)S(=O)(=O)c1ccc(C(=O)CNc2ccc(C(F)(F)F)cc2[N+](=O)[O-])cc1. The molecule has 31 heavy (non-hydrogen) atoms. The summed E-state index contributed by atoms with van der Waals surface area (Å²) in [6.45, 7) is 3.54. The minimum Gasteiger partial charge on any atom is -0.372 e. The maximum absolute atomic E-state index is 12.8. The Balaban J connectivity index is 2.17. The van der Waals surface area contributed by atoms with Crippen molar-refractivity contribution in [2.45, 2.75) is 24.9 Å². The third-order valence-corrected chi connectivity index (χ3v) is 6.54. The van der Waals surface area contributed by atoms with E-state index in [4.69, 9.17) is 0 Å². The van der Waals surface area contributed by atoms with Crippen molar-refractivity contribution in [1.29, 1.82) is 0 Å². The first-order valence-corrected chi connectivity index (χ1v) is 10.6. The third kappa shape index (κ3) is 5.58. The molecule has 8 nitrogen and oxygen atoms in total. The highest BCUT2D eigenvalue weighted by atomic mass is 32.2. The van der Waals surface area contributed by atoms with Crippen molar-refractivity contribution in [2.24, 2.45) is 0 Å². The van der Waals surface area contributed by atoms with Gasteiger partial charge >= 0.3 is 6.18 Å². The molecular formula is C19H20F3N3O5S. The number of benzene rings is 2. The quantitative estimate of drug-likeness (QED) is 0.346. The van der Waals surface area contributed by atoms with E-state index in [0.717, 1.165) is 6.07 Å². The van der Waals surface area contributed by atoms with Gasteiger partial charge in [0.1, 0.15) is 5.69 Å². The first-order valence-electron chi connectivity index (χ1n) is 9.14. The Morgan fingerprint density at radius 2 is 1.68 bits per heavy atom. The minimum absolute atomic E-state index is 0.0130. The van der Waals surface area contributed by atoms with E-state index >= 15 is 0 Å². The highest BCUT2D eigenvalue weighted by Crippen LogP contribution is 2.34. The number of rotatable bonds is 9. The maximum atomic E-state index is 12.8. The molecule has 0 amide bonds. The normalized spacial score (nSPS) is 12.1. The van der Waals surface area contributed by atoms with Crippen molar-refractivity contribution in [3.8, 4) is 0 Å². The van der Waals surface area contributed by atoms with Gasteiger partial charge in [-0.2, -0.15) is 17.5 Å². The van der Waals surface area contributed by atoms with Gasteiger partial charge in [0.05, 0.1) is 21.9 Å². The van der Waals surface area contributed by atoms with Crippen molar-refractivity contribution < 1.29 is 31.3 Å². The van der Waals surface area contributed by atoms with Crippen LogP contribution in [0, 0.1) is 10.1 Å². The molecular weight excluding hydrogens is 439 g/mol. The molecule has 0 heterocycles. The second-order valence-electron chi connectivity index (χ2n) is 6.38. The molecule has 0 atom stereocenters. The number of alkyl halides is 3. The number of anilines is 1. The van der Waals surface area contributed by atoms with Crippen molar-refractivity contribution >= 4 is 27.2 Å². The lowest BCUT2D eigenvalue weighted by Gasteiger charge is -2.18. The molecule has 0 fully saturated rings. The monoisotopic (exact) mass is 459 g/mol. The van der Waals surface area contributed by atoms with Gasteiger partial charge in [-0.05, 0) is 36.4 Å². The summed E-state index contributed by atoms with van der Waals surface area (Å²) in [5.74, 6) is -0.527. The highest BCUT2D eigenvalue weighted by molar-refractivity contribution is 7.89. The molecule has 0 saturated heterocycles. The summed E-state index contributed by atoms with van der Waals surface area (Å²) in [5.41, 5.74) is -2.10.